The van der Waals surface area contributed by atoms with Crippen LogP contribution in [-0.4, -0.2) is 34.6 Å². The van der Waals surface area contributed by atoms with Gasteiger partial charge in [-0.1, -0.05) is 11.6 Å². The van der Waals surface area contributed by atoms with E-state index in [0.29, 0.717) is 21.9 Å². The summed E-state index contributed by atoms with van der Waals surface area (Å²) < 4.78 is 37.2. The number of rotatable bonds is 7. The Labute approximate surface area is 151 Å². The number of carbonyl (C=O) groups excluding carboxylic acids is 1. The minimum Gasteiger partial charge on any atom is -0.492 e. The fourth-order valence-corrected chi connectivity index (χ4v) is 3.51. The standard InChI is InChI=1S/C17H18ClNO5S/c1-12-11-13(17(20)23-2)3-8-16(12)25(21,22)19-9-10-24-15-6-4-14(18)5-7-15/h3-8,11,19H,9-10H2,1-2H3. The minimum absolute atomic E-state index is 0.100. The second-order valence-corrected chi connectivity index (χ2v) is 7.34. The van der Waals surface area contributed by atoms with Gasteiger partial charge in [-0.3, -0.25) is 0 Å². The summed E-state index contributed by atoms with van der Waals surface area (Å²) in [5.74, 6) is 0.0820. The van der Waals surface area contributed by atoms with Crippen LogP contribution >= 0.6 is 11.6 Å². The van der Waals surface area contributed by atoms with Crippen LogP contribution in [0.5, 0.6) is 5.75 Å². The molecule has 2 aromatic rings. The molecule has 0 saturated heterocycles. The van der Waals surface area contributed by atoms with Crippen LogP contribution in [0, 0.1) is 6.92 Å². The molecular weight excluding hydrogens is 366 g/mol. The molecule has 0 fully saturated rings. The molecule has 0 atom stereocenters. The van der Waals surface area contributed by atoms with E-state index in [9.17, 15) is 13.2 Å². The molecule has 0 aromatic heterocycles. The van der Waals surface area contributed by atoms with Gasteiger partial charge in [-0.05, 0) is 55.0 Å². The Kier molecular flexibility index (Phi) is 6.41. The molecule has 0 saturated carbocycles. The van der Waals surface area contributed by atoms with Crippen molar-refractivity contribution in [3.05, 3.63) is 58.6 Å². The van der Waals surface area contributed by atoms with Crippen LogP contribution in [-0.2, 0) is 14.8 Å². The highest BCUT2D eigenvalue weighted by atomic mass is 35.5. The van der Waals surface area contributed by atoms with Crippen molar-refractivity contribution < 1.29 is 22.7 Å². The van der Waals surface area contributed by atoms with E-state index in [-0.39, 0.29) is 18.0 Å². The topological polar surface area (TPSA) is 81.7 Å². The van der Waals surface area contributed by atoms with Gasteiger partial charge >= 0.3 is 5.97 Å². The van der Waals surface area contributed by atoms with E-state index in [0.717, 1.165) is 0 Å². The molecule has 0 spiro atoms. The fraction of sp³-hybridized carbons (Fsp3) is 0.235. The van der Waals surface area contributed by atoms with Crippen molar-refractivity contribution in [2.45, 2.75) is 11.8 Å². The largest absolute Gasteiger partial charge is 0.492 e. The predicted octanol–water partition coefficient (Wildman–Crippen LogP) is 2.79. The fourth-order valence-electron chi connectivity index (χ4n) is 2.15. The molecule has 1 N–H and O–H groups in total. The number of carbonyl (C=O) groups is 1. The highest BCUT2D eigenvalue weighted by Gasteiger charge is 2.18. The van der Waals surface area contributed by atoms with Crippen LogP contribution in [0.1, 0.15) is 15.9 Å². The summed E-state index contributed by atoms with van der Waals surface area (Å²) in [6.07, 6.45) is 0. The molecule has 134 valence electrons. The normalized spacial score (nSPS) is 11.2. The average molecular weight is 384 g/mol. The van der Waals surface area contributed by atoms with Gasteiger partial charge in [0.2, 0.25) is 10.0 Å². The van der Waals surface area contributed by atoms with Crippen LogP contribution in [0.15, 0.2) is 47.4 Å². The quantitative estimate of drug-likeness (QED) is 0.587. The first-order valence-electron chi connectivity index (χ1n) is 7.40. The van der Waals surface area contributed by atoms with E-state index in [4.69, 9.17) is 16.3 Å². The zero-order valence-electron chi connectivity index (χ0n) is 13.8. The lowest BCUT2D eigenvalue weighted by molar-refractivity contribution is 0.0600. The molecule has 8 heteroatoms. The summed E-state index contributed by atoms with van der Waals surface area (Å²) >= 11 is 5.78. The Hall–Kier alpha value is -2.09. The summed E-state index contributed by atoms with van der Waals surface area (Å²) in [5.41, 5.74) is 0.749. The van der Waals surface area contributed by atoms with Gasteiger partial charge in [0.1, 0.15) is 12.4 Å². The number of sulfonamides is 1. The van der Waals surface area contributed by atoms with E-state index >= 15 is 0 Å². The number of ether oxygens (including phenoxy) is 2. The van der Waals surface area contributed by atoms with Gasteiger partial charge in [0.05, 0.1) is 17.6 Å². The van der Waals surface area contributed by atoms with Gasteiger partial charge in [-0.15, -0.1) is 0 Å². The van der Waals surface area contributed by atoms with Crippen molar-refractivity contribution in [3.63, 3.8) is 0 Å². The molecule has 0 aliphatic carbocycles. The molecule has 0 bridgehead atoms. The van der Waals surface area contributed by atoms with Crippen LogP contribution < -0.4 is 9.46 Å². The van der Waals surface area contributed by atoms with Crippen molar-refractivity contribution in [3.8, 4) is 5.75 Å². The molecule has 6 nitrogen and oxygen atoms in total. The van der Waals surface area contributed by atoms with E-state index in [2.05, 4.69) is 9.46 Å². The number of benzene rings is 2. The maximum atomic E-state index is 12.4. The number of esters is 1. The summed E-state index contributed by atoms with van der Waals surface area (Å²) in [7, 11) is -2.44. The molecule has 0 amide bonds. The van der Waals surface area contributed by atoms with Crippen molar-refractivity contribution in [1.82, 2.24) is 4.72 Å². The third kappa shape index (κ3) is 5.19. The van der Waals surface area contributed by atoms with Crippen LogP contribution in [0.3, 0.4) is 0 Å². The van der Waals surface area contributed by atoms with E-state index in [1.165, 1.54) is 25.3 Å². The van der Waals surface area contributed by atoms with Gasteiger partial charge in [-0.25, -0.2) is 17.9 Å². The Morgan fingerprint density at radius 1 is 1.16 bits per heavy atom. The number of nitrogens with one attached hydrogen (secondary N) is 1. The first-order valence-corrected chi connectivity index (χ1v) is 9.26. The molecule has 0 aliphatic heterocycles. The van der Waals surface area contributed by atoms with Crippen molar-refractivity contribution in [1.29, 1.82) is 0 Å². The van der Waals surface area contributed by atoms with Gasteiger partial charge in [0, 0.05) is 11.6 Å². The molecular formula is C17H18ClNO5S. The highest BCUT2D eigenvalue weighted by molar-refractivity contribution is 7.89. The van der Waals surface area contributed by atoms with E-state index in [1.54, 1.807) is 31.2 Å². The van der Waals surface area contributed by atoms with E-state index < -0.39 is 16.0 Å². The number of aryl methyl sites for hydroxylation is 1. The zero-order valence-corrected chi connectivity index (χ0v) is 15.4. The SMILES string of the molecule is COC(=O)c1ccc(S(=O)(=O)NCCOc2ccc(Cl)cc2)c(C)c1. The molecule has 0 aliphatic rings. The number of hydrogen-bond acceptors (Lipinski definition) is 5. The Morgan fingerprint density at radius 3 is 2.44 bits per heavy atom. The lowest BCUT2D eigenvalue weighted by Crippen LogP contribution is -2.28. The summed E-state index contributed by atoms with van der Waals surface area (Å²) in [5, 5.41) is 0.596. The first-order chi connectivity index (χ1) is 11.8. The molecule has 25 heavy (non-hydrogen) atoms. The highest BCUT2D eigenvalue weighted by Crippen LogP contribution is 2.18. The lowest BCUT2D eigenvalue weighted by Gasteiger charge is -2.11. The second-order valence-electron chi connectivity index (χ2n) is 5.17. The summed E-state index contributed by atoms with van der Waals surface area (Å²) in [4.78, 5) is 11.6. The van der Waals surface area contributed by atoms with Gasteiger partial charge in [0.15, 0.2) is 0 Å². The van der Waals surface area contributed by atoms with Gasteiger partial charge < -0.3 is 9.47 Å². The molecule has 2 rings (SSSR count). The smallest absolute Gasteiger partial charge is 0.337 e. The third-order valence-corrected chi connectivity index (χ3v) is 5.24. The third-order valence-electron chi connectivity index (χ3n) is 3.36. The van der Waals surface area contributed by atoms with Crippen molar-refractivity contribution in [2.24, 2.45) is 0 Å². The van der Waals surface area contributed by atoms with Crippen molar-refractivity contribution in [2.75, 3.05) is 20.3 Å². The number of methoxy groups -OCH3 is 1. The predicted molar refractivity (Wildman–Crippen MR) is 94.7 cm³/mol. The molecule has 0 radical (unpaired) electrons. The molecule has 2 aromatic carbocycles. The molecule has 0 unspecified atom stereocenters. The van der Waals surface area contributed by atoms with Gasteiger partial charge in [-0.2, -0.15) is 0 Å². The number of hydrogen-bond donors (Lipinski definition) is 1. The molecule has 0 heterocycles. The van der Waals surface area contributed by atoms with Gasteiger partial charge in [0.25, 0.3) is 0 Å². The Morgan fingerprint density at radius 2 is 1.84 bits per heavy atom. The maximum absolute atomic E-state index is 12.4. The monoisotopic (exact) mass is 383 g/mol. The van der Waals surface area contributed by atoms with E-state index in [1.807, 2.05) is 0 Å². The first kappa shape index (κ1) is 19.2. The van der Waals surface area contributed by atoms with Crippen LogP contribution in [0.25, 0.3) is 0 Å². The maximum Gasteiger partial charge on any atom is 0.337 e. The Bertz CT molecular complexity index is 850. The van der Waals surface area contributed by atoms with Crippen LogP contribution in [0.4, 0.5) is 0 Å². The Balaban J connectivity index is 1.97. The van der Waals surface area contributed by atoms with Crippen LogP contribution in [0.2, 0.25) is 5.02 Å². The zero-order chi connectivity index (χ0) is 18.4. The average Bonchev–Trinajstić information content (AvgIpc) is 2.59. The number of halogens is 1. The van der Waals surface area contributed by atoms with Crippen molar-refractivity contribution >= 4 is 27.6 Å². The minimum atomic E-state index is -3.70. The summed E-state index contributed by atoms with van der Waals surface area (Å²) in [6, 6.07) is 11.0. The second kappa shape index (κ2) is 8.33. The summed E-state index contributed by atoms with van der Waals surface area (Å²) in [6.45, 7) is 1.88. The lowest BCUT2D eigenvalue weighted by atomic mass is 10.1.